The fraction of sp³-hybridized carbons (Fsp3) is 0.667. The van der Waals surface area contributed by atoms with Gasteiger partial charge in [-0.1, -0.05) is 6.07 Å². The van der Waals surface area contributed by atoms with E-state index in [4.69, 9.17) is 9.47 Å². The summed E-state index contributed by atoms with van der Waals surface area (Å²) in [6.45, 7) is 2.47. The quantitative estimate of drug-likeness (QED) is 0.830. The summed E-state index contributed by atoms with van der Waals surface area (Å²) in [5.41, 5.74) is 0.608. The van der Waals surface area contributed by atoms with Crippen LogP contribution in [0.3, 0.4) is 0 Å². The number of nitrogens with one attached hydrogen (secondary N) is 1. The molecular formula is C21H26N2O4. The average molecular weight is 370 g/mol. The first-order valence-corrected chi connectivity index (χ1v) is 10.2. The lowest BCUT2D eigenvalue weighted by Crippen LogP contribution is -2.74. The van der Waals surface area contributed by atoms with Crippen molar-refractivity contribution in [1.82, 2.24) is 10.2 Å². The van der Waals surface area contributed by atoms with Gasteiger partial charge in [-0.2, -0.15) is 0 Å². The zero-order valence-electron chi connectivity index (χ0n) is 15.7. The molecule has 27 heavy (non-hydrogen) atoms. The second-order valence-corrected chi connectivity index (χ2v) is 8.97. The maximum Gasteiger partial charge on any atom is 0.262 e. The molecule has 2 bridgehead atoms. The van der Waals surface area contributed by atoms with Gasteiger partial charge in [0, 0.05) is 24.7 Å². The van der Waals surface area contributed by atoms with Crippen molar-refractivity contribution in [2.45, 2.75) is 55.3 Å². The Morgan fingerprint density at radius 3 is 3.00 bits per heavy atom. The summed E-state index contributed by atoms with van der Waals surface area (Å²) in [5.74, 6) is 2.00. The number of nitrogens with zero attached hydrogens (tertiary/aromatic N) is 1. The second-order valence-electron chi connectivity index (χ2n) is 8.97. The average Bonchev–Trinajstić information content (AvgIpc) is 3.41. The third-order valence-electron chi connectivity index (χ3n) is 7.76. The zero-order chi connectivity index (χ0) is 18.4. The number of aliphatic hydroxyl groups is 1. The highest BCUT2D eigenvalue weighted by Crippen LogP contribution is 2.63. The van der Waals surface area contributed by atoms with E-state index in [0.29, 0.717) is 24.5 Å². The fourth-order valence-corrected chi connectivity index (χ4v) is 6.37. The molecule has 3 heterocycles. The molecule has 2 saturated heterocycles. The minimum Gasteiger partial charge on any atom is -0.493 e. The van der Waals surface area contributed by atoms with E-state index in [1.165, 1.54) is 18.4 Å². The molecule has 2 aliphatic carbocycles. The van der Waals surface area contributed by atoms with Crippen LogP contribution in [0.25, 0.3) is 0 Å². The number of benzene rings is 1. The molecule has 6 nitrogen and oxygen atoms in total. The van der Waals surface area contributed by atoms with Crippen LogP contribution in [0.1, 0.15) is 36.8 Å². The molecule has 0 radical (unpaired) electrons. The number of hydrogen-bond donors (Lipinski definition) is 2. The van der Waals surface area contributed by atoms with Gasteiger partial charge in [-0.15, -0.1) is 0 Å². The number of ether oxygens (including phenoxy) is 2. The monoisotopic (exact) mass is 370 g/mol. The number of amides is 1. The third kappa shape index (κ3) is 1.86. The summed E-state index contributed by atoms with van der Waals surface area (Å²) < 4.78 is 11.8. The van der Waals surface area contributed by atoms with Gasteiger partial charge < -0.3 is 19.9 Å². The van der Waals surface area contributed by atoms with Crippen molar-refractivity contribution < 1.29 is 19.4 Å². The van der Waals surface area contributed by atoms with Gasteiger partial charge in [-0.3, -0.25) is 9.69 Å². The molecule has 1 amide bonds. The molecule has 1 aromatic rings. The number of carbonyl (C=O) groups excluding carboxylic acids is 1. The SMILES string of the molecule is COc1ccc2c3c1O[C@@H]1C(=O)NCC[C@]4(O)[C@H](C2)N(CC2CC2)CC[C@@]314. The second kappa shape index (κ2) is 5.17. The number of likely N-dealkylation sites (tertiary alicyclic amines) is 1. The summed E-state index contributed by atoms with van der Waals surface area (Å²) in [7, 11) is 1.63. The van der Waals surface area contributed by atoms with Gasteiger partial charge >= 0.3 is 0 Å². The fourth-order valence-electron chi connectivity index (χ4n) is 6.37. The van der Waals surface area contributed by atoms with Crippen molar-refractivity contribution in [3.8, 4) is 11.5 Å². The van der Waals surface area contributed by atoms with Crippen LogP contribution < -0.4 is 14.8 Å². The van der Waals surface area contributed by atoms with Crippen molar-refractivity contribution in [3.63, 3.8) is 0 Å². The van der Waals surface area contributed by atoms with E-state index in [1.54, 1.807) is 7.11 Å². The predicted molar refractivity (Wildman–Crippen MR) is 98.1 cm³/mol. The van der Waals surface area contributed by atoms with Gasteiger partial charge in [0.2, 0.25) is 0 Å². The van der Waals surface area contributed by atoms with Crippen molar-refractivity contribution in [3.05, 3.63) is 23.3 Å². The molecule has 0 unspecified atom stereocenters. The lowest BCUT2D eigenvalue weighted by atomic mass is 9.52. The van der Waals surface area contributed by atoms with Crippen LogP contribution in [0, 0.1) is 5.92 Å². The Bertz CT molecular complexity index is 838. The van der Waals surface area contributed by atoms with Gasteiger partial charge in [0.05, 0.1) is 18.1 Å². The third-order valence-corrected chi connectivity index (χ3v) is 7.76. The van der Waals surface area contributed by atoms with E-state index < -0.39 is 17.1 Å². The van der Waals surface area contributed by atoms with Crippen molar-refractivity contribution in [1.29, 1.82) is 0 Å². The Labute approximate surface area is 158 Å². The molecule has 2 N–H and O–H groups in total. The number of methoxy groups -OCH3 is 1. The maximum absolute atomic E-state index is 12.9. The van der Waals surface area contributed by atoms with Gasteiger partial charge in [0.25, 0.3) is 5.91 Å². The molecule has 6 heteroatoms. The molecule has 1 saturated carbocycles. The first-order valence-electron chi connectivity index (χ1n) is 10.2. The smallest absolute Gasteiger partial charge is 0.262 e. The zero-order valence-corrected chi connectivity index (χ0v) is 15.7. The van der Waals surface area contributed by atoms with Gasteiger partial charge in [-0.05, 0) is 56.2 Å². The van der Waals surface area contributed by atoms with Gasteiger partial charge in [0.1, 0.15) is 0 Å². The molecular weight excluding hydrogens is 344 g/mol. The first-order chi connectivity index (χ1) is 13.1. The normalized spacial score (nSPS) is 39.3. The lowest BCUT2D eigenvalue weighted by Gasteiger charge is -2.60. The first kappa shape index (κ1) is 16.2. The Balaban J connectivity index is 1.58. The summed E-state index contributed by atoms with van der Waals surface area (Å²) in [6, 6.07) is 4.10. The molecule has 3 fully saturated rings. The molecule has 1 spiro atoms. The van der Waals surface area contributed by atoms with Crippen LogP contribution in [0.4, 0.5) is 0 Å². The molecule has 4 atom stereocenters. The summed E-state index contributed by atoms with van der Waals surface area (Å²) in [5, 5.41) is 15.2. The summed E-state index contributed by atoms with van der Waals surface area (Å²) >= 11 is 0. The summed E-state index contributed by atoms with van der Waals surface area (Å²) in [6.07, 6.45) is 4.05. The minimum atomic E-state index is -0.964. The maximum atomic E-state index is 12.9. The largest absolute Gasteiger partial charge is 0.493 e. The number of carbonyl (C=O) groups is 1. The van der Waals surface area contributed by atoms with Crippen LogP contribution in [-0.4, -0.2) is 60.4 Å². The molecule has 0 aromatic heterocycles. The van der Waals surface area contributed by atoms with Gasteiger partial charge in [0.15, 0.2) is 17.6 Å². The number of hydrogen-bond acceptors (Lipinski definition) is 5. The molecule has 144 valence electrons. The Morgan fingerprint density at radius 1 is 1.37 bits per heavy atom. The van der Waals surface area contributed by atoms with E-state index in [1.807, 2.05) is 6.07 Å². The Hall–Kier alpha value is -1.79. The highest BCUT2D eigenvalue weighted by atomic mass is 16.5. The van der Waals surface area contributed by atoms with Crippen LogP contribution in [-0.2, 0) is 16.6 Å². The topological polar surface area (TPSA) is 71.0 Å². The van der Waals surface area contributed by atoms with Crippen LogP contribution >= 0.6 is 0 Å². The van der Waals surface area contributed by atoms with E-state index >= 15 is 0 Å². The van der Waals surface area contributed by atoms with E-state index in [0.717, 1.165) is 37.4 Å². The van der Waals surface area contributed by atoms with E-state index in [2.05, 4.69) is 16.3 Å². The standard InChI is InChI=1S/C21H26N2O4/c1-26-14-5-4-13-10-15-21(25)6-8-22-19(24)18-20(21,16(13)17(14)27-18)7-9-23(15)11-12-2-3-12/h4-5,12,15,18,25H,2-3,6-11H2,1H3,(H,22,24)/t15-,18+,20+,21-/m0/s1. The van der Waals surface area contributed by atoms with E-state index in [-0.39, 0.29) is 11.9 Å². The van der Waals surface area contributed by atoms with Crippen molar-refractivity contribution in [2.75, 3.05) is 26.7 Å². The predicted octanol–water partition coefficient (Wildman–Crippen LogP) is 0.985. The number of rotatable bonds is 3. The van der Waals surface area contributed by atoms with Crippen LogP contribution in [0.5, 0.6) is 11.5 Å². The highest BCUT2D eigenvalue weighted by Gasteiger charge is 2.72. The van der Waals surface area contributed by atoms with Crippen LogP contribution in [0.15, 0.2) is 12.1 Å². The van der Waals surface area contributed by atoms with Gasteiger partial charge in [-0.25, -0.2) is 0 Å². The Morgan fingerprint density at radius 2 is 2.22 bits per heavy atom. The van der Waals surface area contributed by atoms with Crippen LogP contribution in [0.2, 0.25) is 0 Å². The highest BCUT2D eigenvalue weighted by molar-refractivity contribution is 5.87. The molecule has 1 aromatic carbocycles. The van der Waals surface area contributed by atoms with Crippen molar-refractivity contribution in [2.24, 2.45) is 5.92 Å². The molecule has 5 aliphatic rings. The minimum absolute atomic E-state index is 0.0393. The van der Waals surface area contributed by atoms with E-state index in [9.17, 15) is 9.90 Å². The number of piperidine rings is 1. The molecule has 3 aliphatic heterocycles. The van der Waals surface area contributed by atoms with Crippen molar-refractivity contribution >= 4 is 5.91 Å². The molecule has 6 rings (SSSR count). The Kier molecular flexibility index (Phi) is 3.10. The lowest BCUT2D eigenvalue weighted by molar-refractivity contribution is -0.168. The summed E-state index contributed by atoms with van der Waals surface area (Å²) in [4.78, 5) is 15.5.